The number of piperidine rings is 1. The molecule has 3 nitrogen and oxygen atoms in total. The van der Waals surface area contributed by atoms with E-state index in [0.29, 0.717) is 11.3 Å². The Hall–Kier alpha value is -0.700. The third-order valence-electron chi connectivity index (χ3n) is 3.27. The molecule has 1 saturated heterocycles. The van der Waals surface area contributed by atoms with Gasteiger partial charge in [-0.05, 0) is 25.7 Å². The molecule has 0 bridgehead atoms. The van der Waals surface area contributed by atoms with Crippen LogP contribution in [0.15, 0.2) is 12.4 Å². The summed E-state index contributed by atoms with van der Waals surface area (Å²) in [5.74, 6) is 1.75. The van der Waals surface area contributed by atoms with Gasteiger partial charge in [0, 0.05) is 37.9 Å². The number of aromatic nitrogens is 2. The van der Waals surface area contributed by atoms with E-state index in [0.717, 1.165) is 19.0 Å². The molecule has 0 N–H and O–H groups in total. The zero-order valence-electron chi connectivity index (χ0n) is 9.36. The summed E-state index contributed by atoms with van der Waals surface area (Å²) in [6, 6.07) is 0. The van der Waals surface area contributed by atoms with E-state index in [-0.39, 0.29) is 0 Å². The van der Waals surface area contributed by atoms with Gasteiger partial charge in [-0.15, -0.1) is 11.6 Å². The zero-order chi connectivity index (χ0) is 10.8. The number of alkyl halides is 1. The van der Waals surface area contributed by atoms with Crippen molar-refractivity contribution in [1.82, 2.24) is 9.55 Å². The maximum Gasteiger partial charge on any atom is 0.205 e. The van der Waals surface area contributed by atoms with Gasteiger partial charge in [0.1, 0.15) is 0 Å². The second-order valence-corrected chi connectivity index (χ2v) is 5.03. The number of aryl methyl sites for hydroxylation is 1. The van der Waals surface area contributed by atoms with Crippen LogP contribution in [0.2, 0.25) is 0 Å². The molecule has 0 aromatic carbocycles. The third kappa shape index (κ3) is 2.28. The highest BCUT2D eigenvalue weighted by molar-refractivity contribution is 6.20. The van der Waals surface area contributed by atoms with Crippen LogP contribution in [0.1, 0.15) is 19.8 Å². The van der Waals surface area contributed by atoms with Gasteiger partial charge in [-0.25, -0.2) is 4.98 Å². The molecule has 0 saturated carbocycles. The first-order valence-corrected chi connectivity index (χ1v) is 5.98. The predicted octanol–water partition coefficient (Wildman–Crippen LogP) is 2.26. The Morgan fingerprint density at radius 3 is 2.60 bits per heavy atom. The molecule has 15 heavy (non-hydrogen) atoms. The van der Waals surface area contributed by atoms with Gasteiger partial charge in [0.25, 0.3) is 0 Å². The van der Waals surface area contributed by atoms with Crippen molar-refractivity contribution in [3.63, 3.8) is 0 Å². The average Bonchev–Trinajstić information content (AvgIpc) is 2.65. The first kappa shape index (κ1) is 10.8. The largest absolute Gasteiger partial charge is 0.342 e. The summed E-state index contributed by atoms with van der Waals surface area (Å²) in [4.78, 5) is 6.71. The molecule has 84 valence electrons. The summed E-state index contributed by atoms with van der Waals surface area (Å²) in [5.41, 5.74) is 0. The standard InChI is InChI=1S/C11H18ClN3/c1-9(12)10-3-6-15(7-4-10)11-13-5-8-14(11)2/h5,8-10H,3-4,6-7H2,1-2H3. The van der Waals surface area contributed by atoms with Crippen molar-refractivity contribution in [3.8, 4) is 0 Å². The fourth-order valence-corrected chi connectivity index (χ4v) is 2.47. The van der Waals surface area contributed by atoms with Gasteiger partial charge in [-0.1, -0.05) is 0 Å². The van der Waals surface area contributed by atoms with E-state index >= 15 is 0 Å². The van der Waals surface area contributed by atoms with Crippen LogP contribution < -0.4 is 4.90 Å². The van der Waals surface area contributed by atoms with Crippen LogP contribution >= 0.6 is 11.6 Å². The molecule has 0 aliphatic carbocycles. The molecule has 1 unspecified atom stereocenters. The molecule has 0 spiro atoms. The summed E-state index contributed by atoms with van der Waals surface area (Å²) in [6.07, 6.45) is 6.20. The maximum absolute atomic E-state index is 6.12. The zero-order valence-corrected chi connectivity index (χ0v) is 10.1. The summed E-state index contributed by atoms with van der Waals surface area (Å²) in [7, 11) is 2.04. The minimum absolute atomic E-state index is 0.300. The van der Waals surface area contributed by atoms with Gasteiger partial charge in [-0.3, -0.25) is 0 Å². The van der Waals surface area contributed by atoms with Gasteiger partial charge >= 0.3 is 0 Å². The molecule has 1 aromatic heterocycles. The monoisotopic (exact) mass is 227 g/mol. The first-order chi connectivity index (χ1) is 7.18. The molecule has 1 atom stereocenters. The van der Waals surface area contributed by atoms with Crippen LogP contribution in [0.25, 0.3) is 0 Å². The number of nitrogens with zero attached hydrogens (tertiary/aromatic N) is 3. The van der Waals surface area contributed by atoms with Gasteiger partial charge in [0.15, 0.2) is 0 Å². The lowest BCUT2D eigenvalue weighted by atomic mass is 9.94. The molecule has 4 heteroatoms. The van der Waals surface area contributed by atoms with Gasteiger partial charge in [-0.2, -0.15) is 0 Å². The number of hydrogen-bond acceptors (Lipinski definition) is 2. The Bertz CT molecular complexity index is 313. The van der Waals surface area contributed by atoms with E-state index in [1.54, 1.807) is 0 Å². The summed E-state index contributed by atoms with van der Waals surface area (Å²) >= 11 is 6.12. The second-order valence-electron chi connectivity index (χ2n) is 4.34. The summed E-state index contributed by atoms with van der Waals surface area (Å²) < 4.78 is 2.07. The van der Waals surface area contributed by atoms with Crippen LogP contribution in [0, 0.1) is 5.92 Å². The lowest BCUT2D eigenvalue weighted by Gasteiger charge is -2.33. The van der Waals surface area contributed by atoms with Crippen molar-refractivity contribution in [3.05, 3.63) is 12.4 Å². The van der Waals surface area contributed by atoms with E-state index in [2.05, 4.69) is 21.4 Å². The van der Waals surface area contributed by atoms with Crippen LogP contribution in [-0.4, -0.2) is 28.0 Å². The predicted molar refractivity (Wildman–Crippen MR) is 63.5 cm³/mol. The molecule has 1 aliphatic heterocycles. The Labute approximate surface area is 96.0 Å². The van der Waals surface area contributed by atoms with Crippen LogP contribution in [0.4, 0.5) is 5.95 Å². The fourth-order valence-electron chi connectivity index (χ4n) is 2.22. The molecule has 0 amide bonds. The van der Waals surface area contributed by atoms with E-state index in [9.17, 15) is 0 Å². The quantitative estimate of drug-likeness (QED) is 0.723. The lowest BCUT2D eigenvalue weighted by molar-refractivity contribution is 0.396. The van der Waals surface area contributed by atoms with E-state index in [4.69, 9.17) is 11.6 Å². The number of hydrogen-bond donors (Lipinski definition) is 0. The molecule has 1 fully saturated rings. The highest BCUT2D eigenvalue weighted by atomic mass is 35.5. The van der Waals surface area contributed by atoms with Crippen molar-refractivity contribution >= 4 is 17.5 Å². The molecule has 2 rings (SSSR count). The number of halogens is 1. The number of rotatable bonds is 2. The average molecular weight is 228 g/mol. The molecule has 0 radical (unpaired) electrons. The normalized spacial score (nSPS) is 20.6. The lowest BCUT2D eigenvalue weighted by Crippen LogP contribution is -2.37. The van der Waals surface area contributed by atoms with E-state index < -0.39 is 0 Å². The highest BCUT2D eigenvalue weighted by Gasteiger charge is 2.24. The Balaban J connectivity index is 1.97. The van der Waals surface area contributed by atoms with Crippen molar-refractivity contribution < 1.29 is 0 Å². The van der Waals surface area contributed by atoms with Crippen LogP contribution in [0.5, 0.6) is 0 Å². The van der Waals surface area contributed by atoms with Crippen molar-refractivity contribution in [2.24, 2.45) is 13.0 Å². The molecule has 2 heterocycles. The molecule has 1 aliphatic rings. The minimum Gasteiger partial charge on any atom is -0.342 e. The topological polar surface area (TPSA) is 21.1 Å². The number of anilines is 1. The van der Waals surface area contributed by atoms with Crippen LogP contribution in [-0.2, 0) is 7.05 Å². The maximum atomic E-state index is 6.12. The Morgan fingerprint density at radius 1 is 1.47 bits per heavy atom. The first-order valence-electron chi connectivity index (χ1n) is 5.55. The second kappa shape index (κ2) is 4.44. The van der Waals surface area contributed by atoms with Crippen molar-refractivity contribution in [2.75, 3.05) is 18.0 Å². The summed E-state index contributed by atoms with van der Waals surface area (Å²) in [6.45, 7) is 4.25. The Kier molecular flexibility index (Phi) is 3.19. The van der Waals surface area contributed by atoms with Crippen LogP contribution in [0.3, 0.4) is 0 Å². The number of imidazole rings is 1. The van der Waals surface area contributed by atoms with E-state index in [1.165, 1.54) is 12.8 Å². The summed E-state index contributed by atoms with van der Waals surface area (Å²) in [5, 5.41) is 0.300. The van der Waals surface area contributed by atoms with Gasteiger partial charge < -0.3 is 9.47 Å². The SMILES string of the molecule is CC(Cl)C1CCN(c2nccn2C)CC1. The van der Waals surface area contributed by atoms with Crippen molar-refractivity contribution in [2.45, 2.75) is 25.1 Å². The fraction of sp³-hybridized carbons (Fsp3) is 0.727. The minimum atomic E-state index is 0.300. The smallest absolute Gasteiger partial charge is 0.205 e. The molecular formula is C11H18ClN3. The van der Waals surface area contributed by atoms with Crippen molar-refractivity contribution in [1.29, 1.82) is 0 Å². The Morgan fingerprint density at radius 2 is 2.13 bits per heavy atom. The van der Waals surface area contributed by atoms with Gasteiger partial charge in [0.2, 0.25) is 5.95 Å². The molecular weight excluding hydrogens is 210 g/mol. The van der Waals surface area contributed by atoms with Gasteiger partial charge in [0.05, 0.1) is 0 Å². The van der Waals surface area contributed by atoms with E-state index in [1.807, 2.05) is 19.4 Å². The third-order valence-corrected chi connectivity index (χ3v) is 3.62. The molecule has 1 aromatic rings. The highest BCUT2D eigenvalue weighted by Crippen LogP contribution is 2.26.